The van der Waals surface area contributed by atoms with E-state index in [1.54, 1.807) is 4.90 Å². The van der Waals surface area contributed by atoms with Gasteiger partial charge in [-0.05, 0) is 25.2 Å². The van der Waals surface area contributed by atoms with Crippen molar-refractivity contribution in [1.29, 1.82) is 0 Å². The second-order valence-electron chi connectivity index (χ2n) is 4.84. The highest BCUT2D eigenvalue weighted by atomic mass is 32.1. The molecule has 0 aliphatic carbocycles. The zero-order valence-electron chi connectivity index (χ0n) is 11.3. The Hall–Kier alpha value is -1.70. The number of aliphatic carboxylic acids is 1. The number of carbonyl (C=O) groups is 2. The normalized spacial score (nSPS) is 18.9. The molecule has 1 aromatic rings. The Balaban J connectivity index is 1.89. The van der Waals surface area contributed by atoms with E-state index in [0.717, 1.165) is 24.3 Å². The topological polar surface area (TPSA) is 95.4 Å². The summed E-state index contributed by atoms with van der Waals surface area (Å²) in [6.45, 7) is 3.12. The van der Waals surface area contributed by atoms with E-state index in [1.807, 2.05) is 6.92 Å². The Kier molecular flexibility index (Phi) is 4.89. The Bertz CT molecular complexity index is 491. The van der Waals surface area contributed by atoms with Crippen molar-refractivity contribution in [2.75, 3.05) is 18.4 Å². The predicted molar refractivity (Wildman–Crippen MR) is 74.9 cm³/mol. The van der Waals surface area contributed by atoms with E-state index >= 15 is 0 Å². The molecule has 1 aromatic heterocycles. The van der Waals surface area contributed by atoms with Gasteiger partial charge in [0.1, 0.15) is 5.01 Å². The molecule has 1 saturated heterocycles. The van der Waals surface area contributed by atoms with Crippen molar-refractivity contribution >= 4 is 28.5 Å². The van der Waals surface area contributed by atoms with Gasteiger partial charge in [-0.25, -0.2) is 4.79 Å². The lowest BCUT2D eigenvalue weighted by atomic mass is 9.95. The SMILES string of the molecule is CCc1nnc(NC(=O)N2CCCC(CC(=O)O)C2)s1. The summed E-state index contributed by atoms with van der Waals surface area (Å²) in [7, 11) is 0. The molecular formula is C12H18N4O3S. The lowest BCUT2D eigenvalue weighted by Crippen LogP contribution is -2.42. The van der Waals surface area contributed by atoms with Gasteiger partial charge in [0.15, 0.2) is 0 Å². The van der Waals surface area contributed by atoms with Crippen LogP contribution in [0.25, 0.3) is 0 Å². The molecule has 0 saturated carbocycles. The summed E-state index contributed by atoms with van der Waals surface area (Å²) < 4.78 is 0. The molecule has 8 heteroatoms. The fourth-order valence-electron chi connectivity index (χ4n) is 2.28. The number of nitrogens with one attached hydrogen (secondary N) is 1. The van der Waals surface area contributed by atoms with Gasteiger partial charge in [0, 0.05) is 19.5 Å². The third kappa shape index (κ3) is 3.89. The maximum absolute atomic E-state index is 12.1. The smallest absolute Gasteiger partial charge is 0.323 e. The molecule has 0 spiro atoms. The number of hydrogen-bond acceptors (Lipinski definition) is 5. The van der Waals surface area contributed by atoms with Gasteiger partial charge in [0.05, 0.1) is 0 Å². The summed E-state index contributed by atoms with van der Waals surface area (Å²) in [5.41, 5.74) is 0. The van der Waals surface area contributed by atoms with Crippen molar-refractivity contribution in [3.8, 4) is 0 Å². The van der Waals surface area contributed by atoms with E-state index in [4.69, 9.17) is 5.11 Å². The second-order valence-corrected chi connectivity index (χ2v) is 5.90. The van der Waals surface area contributed by atoms with Crippen LogP contribution in [0.5, 0.6) is 0 Å². The number of carboxylic acids is 1. The van der Waals surface area contributed by atoms with Crippen LogP contribution in [-0.4, -0.2) is 45.3 Å². The van der Waals surface area contributed by atoms with E-state index in [9.17, 15) is 9.59 Å². The molecule has 1 atom stereocenters. The fourth-order valence-corrected chi connectivity index (χ4v) is 2.95. The van der Waals surface area contributed by atoms with Crippen LogP contribution in [0.1, 0.15) is 31.2 Å². The quantitative estimate of drug-likeness (QED) is 0.884. The zero-order chi connectivity index (χ0) is 14.5. The summed E-state index contributed by atoms with van der Waals surface area (Å²) in [5.74, 6) is -0.776. The van der Waals surface area contributed by atoms with Crippen molar-refractivity contribution < 1.29 is 14.7 Å². The molecular weight excluding hydrogens is 280 g/mol. The van der Waals surface area contributed by atoms with Gasteiger partial charge in [-0.2, -0.15) is 0 Å². The lowest BCUT2D eigenvalue weighted by molar-refractivity contribution is -0.138. The number of piperidine rings is 1. The average molecular weight is 298 g/mol. The summed E-state index contributed by atoms with van der Waals surface area (Å²) in [5, 5.41) is 20.8. The highest BCUT2D eigenvalue weighted by molar-refractivity contribution is 7.15. The Labute approximate surface area is 121 Å². The molecule has 1 aliphatic heterocycles. The number of aromatic nitrogens is 2. The molecule has 7 nitrogen and oxygen atoms in total. The number of carboxylic acid groups (broad SMARTS) is 1. The molecule has 1 unspecified atom stereocenters. The standard InChI is InChI=1S/C12H18N4O3S/c1-2-9-14-15-11(20-9)13-12(19)16-5-3-4-8(7-16)6-10(17)18/h8H,2-7H2,1H3,(H,17,18)(H,13,15,19). The van der Waals surface area contributed by atoms with E-state index in [-0.39, 0.29) is 18.4 Å². The van der Waals surface area contributed by atoms with E-state index < -0.39 is 5.97 Å². The van der Waals surface area contributed by atoms with Crippen molar-refractivity contribution in [2.24, 2.45) is 5.92 Å². The van der Waals surface area contributed by atoms with Crippen LogP contribution >= 0.6 is 11.3 Å². The first-order valence-corrected chi connectivity index (χ1v) is 7.50. The van der Waals surface area contributed by atoms with E-state index in [0.29, 0.717) is 18.2 Å². The molecule has 2 N–H and O–H groups in total. The van der Waals surface area contributed by atoms with Crippen LogP contribution in [0.3, 0.4) is 0 Å². The number of rotatable bonds is 4. The molecule has 1 aliphatic rings. The molecule has 110 valence electrons. The average Bonchev–Trinajstić information content (AvgIpc) is 2.86. The van der Waals surface area contributed by atoms with E-state index in [2.05, 4.69) is 15.5 Å². The Morgan fingerprint density at radius 1 is 1.50 bits per heavy atom. The van der Waals surface area contributed by atoms with Gasteiger partial charge >= 0.3 is 12.0 Å². The number of urea groups is 1. The predicted octanol–water partition coefficient (Wildman–Crippen LogP) is 1.82. The monoisotopic (exact) mass is 298 g/mol. The first-order valence-electron chi connectivity index (χ1n) is 6.68. The zero-order valence-corrected chi connectivity index (χ0v) is 12.2. The van der Waals surface area contributed by atoms with Crippen LogP contribution in [0.2, 0.25) is 0 Å². The third-order valence-corrected chi connectivity index (χ3v) is 4.24. The summed E-state index contributed by atoms with van der Waals surface area (Å²) in [6.07, 6.45) is 2.59. The van der Waals surface area contributed by atoms with Gasteiger partial charge in [-0.1, -0.05) is 18.3 Å². The number of amides is 2. The maximum atomic E-state index is 12.1. The number of hydrogen-bond donors (Lipinski definition) is 2. The molecule has 1 fully saturated rings. The van der Waals surface area contributed by atoms with Crippen LogP contribution in [-0.2, 0) is 11.2 Å². The number of likely N-dealkylation sites (tertiary alicyclic amines) is 1. The summed E-state index contributed by atoms with van der Waals surface area (Å²) in [4.78, 5) is 24.5. The largest absolute Gasteiger partial charge is 0.481 e. The second kappa shape index (κ2) is 6.65. The van der Waals surface area contributed by atoms with Crippen molar-refractivity contribution in [1.82, 2.24) is 15.1 Å². The van der Waals surface area contributed by atoms with Gasteiger partial charge < -0.3 is 10.0 Å². The molecule has 20 heavy (non-hydrogen) atoms. The minimum atomic E-state index is -0.811. The Morgan fingerprint density at radius 2 is 2.30 bits per heavy atom. The van der Waals surface area contributed by atoms with Crippen LogP contribution in [0.4, 0.5) is 9.93 Å². The molecule has 0 radical (unpaired) electrons. The maximum Gasteiger partial charge on any atom is 0.323 e. The molecule has 2 heterocycles. The van der Waals surface area contributed by atoms with Crippen molar-refractivity contribution in [3.05, 3.63) is 5.01 Å². The number of anilines is 1. The molecule has 2 rings (SSSR count). The van der Waals surface area contributed by atoms with Crippen LogP contribution in [0.15, 0.2) is 0 Å². The summed E-state index contributed by atoms with van der Waals surface area (Å²) in [6, 6.07) is -0.223. The molecule has 0 aromatic carbocycles. The minimum Gasteiger partial charge on any atom is -0.481 e. The third-order valence-electron chi connectivity index (χ3n) is 3.25. The number of aryl methyl sites for hydroxylation is 1. The lowest BCUT2D eigenvalue weighted by Gasteiger charge is -2.31. The highest BCUT2D eigenvalue weighted by Crippen LogP contribution is 2.21. The molecule has 0 bridgehead atoms. The Morgan fingerprint density at radius 3 is 2.95 bits per heavy atom. The van der Waals surface area contributed by atoms with Crippen molar-refractivity contribution in [2.45, 2.75) is 32.6 Å². The van der Waals surface area contributed by atoms with E-state index in [1.165, 1.54) is 11.3 Å². The van der Waals surface area contributed by atoms with Gasteiger partial charge in [0.2, 0.25) is 5.13 Å². The fraction of sp³-hybridized carbons (Fsp3) is 0.667. The first-order chi connectivity index (χ1) is 9.58. The molecule has 2 amide bonds. The van der Waals surface area contributed by atoms with Crippen LogP contribution in [0, 0.1) is 5.92 Å². The van der Waals surface area contributed by atoms with Gasteiger partial charge in [-0.3, -0.25) is 10.1 Å². The highest BCUT2D eigenvalue weighted by Gasteiger charge is 2.25. The van der Waals surface area contributed by atoms with Gasteiger partial charge in [-0.15, -0.1) is 10.2 Å². The summed E-state index contributed by atoms with van der Waals surface area (Å²) >= 11 is 1.36. The minimum absolute atomic E-state index is 0.0348. The first kappa shape index (κ1) is 14.7. The number of carbonyl (C=O) groups excluding carboxylic acids is 1. The van der Waals surface area contributed by atoms with Gasteiger partial charge in [0.25, 0.3) is 0 Å². The number of nitrogens with zero attached hydrogens (tertiary/aromatic N) is 3. The van der Waals surface area contributed by atoms with Crippen LogP contribution < -0.4 is 5.32 Å². The van der Waals surface area contributed by atoms with Crippen molar-refractivity contribution in [3.63, 3.8) is 0 Å².